The molecule has 0 rings (SSSR count). The number of ether oxygens (including phenoxy) is 2. The van der Waals surface area contributed by atoms with Crippen molar-refractivity contribution in [2.45, 2.75) is 79.2 Å². The zero-order chi connectivity index (χ0) is 21.8. The molecule has 0 aromatic rings. The first-order chi connectivity index (χ1) is 12.8. The topological polar surface area (TPSA) is 111 Å². The van der Waals surface area contributed by atoms with Crippen LogP contribution in [0.5, 0.6) is 0 Å². The molecule has 0 spiro atoms. The molecule has 1 amide bonds. The molecule has 162 valence electrons. The van der Waals surface area contributed by atoms with Crippen molar-refractivity contribution in [3.05, 3.63) is 0 Å². The van der Waals surface area contributed by atoms with Gasteiger partial charge in [0.1, 0.15) is 31.8 Å². The summed E-state index contributed by atoms with van der Waals surface area (Å²) in [6.07, 6.45) is 1.30. The molecule has 28 heavy (non-hydrogen) atoms. The molecule has 0 bridgehead atoms. The van der Waals surface area contributed by atoms with Crippen LogP contribution in [0.15, 0.2) is 0 Å². The summed E-state index contributed by atoms with van der Waals surface area (Å²) in [5.41, 5.74) is 0.0102. The molecule has 0 aliphatic carbocycles. The van der Waals surface area contributed by atoms with E-state index in [0.717, 1.165) is 12.8 Å². The van der Waals surface area contributed by atoms with Crippen molar-refractivity contribution >= 4 is 23.6 Å². The number of amides is 1. The Labute approximate surface area is 168 Å². The van der Waals surface area contributed by atoms with Crippen LogP contribution < -0.4 is 10.6 Å². The van der Waals surface area contributed by atoms with Gasteiger partial charge in [-0.05, 0) is 39.0 Å². The van der Waals surface area contributed by atoms with Crippen LogP contribution in [0.3, 0.4) is 0 Å². The minimum atomic E-state index is -0.706. The maximum atomic E-state index is 11.7. The first kappa shape index (κ1) is 26.0. The number of Topliss-reactive ketones (excluding diaryl/α,β-unsaturated/α-hetero) is 1. The lowest BCUT2D eigenvalue weighted by molar-refractivity contribution is -0.154. The average Bonchev–Trinajstić information content (AvgIpc) is 2.48. The van der Waals surface area contributed by atoms with Crippen LogP contribution >= 0.6 is 0 Å². The monoisotopic (exact) mass is 400 g/mol. The van der Waals surface area contributed by atoms with Crippen LogP contribution in [0.2, 0.25) is 0 Å². The lowest BCUT2D eigenvalue weighted by Gasteiger charge is -2.20. The molecule has 0 heterocycles. The van der Waals surface area contributed by atoms with Crippen molar-refractivity contribution in [2.75, 3.05) is 19.9 Å². The smallest absolute Gasteiger partial charge is 0.315 e. The van der Waals surface area contributed by atoms with Crippen LogP contribution in [0, 0.1) is 5.41 Å². The Kier molecular flexibility index (Phi) is 11.6. The van der Waals surface area contributed by atoms with Crippen LogP contribution in [0.1, 0.15) is 73.6 Å². The summed E-state index contributed by atoms with van der Waals surface area (Å²) in [5, 5.41) is 5.61. The molecule has 0 atom stereocenters. The second-order valence-corrected chi connectivity index (χ2v) is 8.95. The molecule has 8 nitrogen and oxygen atoms in total. The van der Waals surface area contributed by atoms with E-state index in [1.807, 2.05) is 20.8 Å². The summed E-state index contributed by atoms with van der Waals surface area (Å²) in [5.74, 6) is -1.96. The number of carbonyl (C=O) groups excluding carboxylic acids is 4. The summed E-state index contributed by atoms with van der Waals surface area (Å²) in [6, 6.07) is 0. The molecule has 8 heteroatoms. The van der Waals surface area contributed by atoms with Gasteiger partial charge in [0.05, 0.1) is 6.67 Å². The number of carbonyl (C=O) groups is 4. The van der Waals surface area contributed by atoms with Gasteiger partial charge >= 0.3 is 11.9 Å². The lowest BCUT2D eigenvalue weighted by atomic mass is 9.89. The van der Waals surface area contributed by atoms with E-state index in [1.165, 1.54) is 0 Å². The third-order valence-corrected chi connectivity index (χ3v) is 3.54. The Morgan fingerprint density at radius 3 is 1.86 bits per heavy atom. The first-order valence-electron chi connectivity index (χ1n) is 9.63. The Bertz CT molecular complexity index is 484. The van der Waals surface area contributed by atoms with E-state index in [0.29, 0.717) is 6.42 Å². The highest BCUT2D eigenvalue weighted by molar-refractivity contribution is 5.95. The predicted octanol–water partition coefficient (Wildman–Crippen LogP) is 2.10. The fraction of sp³-hybridized carbons (Fsp3) is 0.800. The van der Waals surface area contributed by atoms with E-state index < -0.39 is 24.3 Å². The summed E-state index contributed by atoms with van der Waals surface area (Å²) in [6.45, 7) is 12.1. The zero-order valence-corrected chi connectivity index (χ0v) is 18.1. The molecule has 0 fully saturated rings. The molecule has 0 unspecified atom stereocenters. The average molecular weight is 401 g/mol. The maximum Gasteiger partial charge on any atom is 0.315 e. The van der Waals surface area contributed by atoms with Crippen LogP contribution in [-0.4, -0.2) is 49.1 Å². The molecule has 0 aromatic carbocycles. The van der Waals surface area contributed by atoms with Crippen molar-refractivity contribution in [2.24, 2.45) is 5.41 Å². The maximum absolute atomic E-state index is 11.7. The quantitative estimate of drug-likeness (QED) is 0.223. The molecule has 0 saturated carbocycles. The molecule has 0 aromatic heterocycles. The number of hydrogen-bond acceptors (Lipinski definition) is 7. The van der Waals surface area contributed by atoms with Gasteiger partial charge in [0.25, 0.3) is 0 Å². The van der Waals surface area contributed by atoms with Gasteiger partial charge in [0, 0.05) is 12.0 Å². The van der Waals surface area contributed by atoms with Crippen molar-refractivity contribution in [3.63, 3.8) is 0 Å². The third kappa shape index (κ3) is 17.5. The molecule has 0 radical (unpaired) electrons. The summed E-state index contributed by atoms with van der Waals surface area (Å²) < 4.78 is 9.71. The van der Waals surface area contributed by atoms with Gasteiger partial charge < -0.3 is 14.8 Å². The van der Waals surface area contributed by atoms with E-state index >= 15 is 0 Å². The number of rotatable bonds is 12. The predicted molar refractivity (Wildman–Crippen MR) is 105 cm³/mol. The van der Waals surface area contributed by atoms with E-state index in [9.17, 15) is 19.2 Å². The highest BCUT2D eigenvalue weighted by Crippen LogP contribution is 2.21. The second-order valence-electron chi connectivity index (χ2n) is 8.95. The van der Waals surface area contributed by atoms with E-state index in [-0.39, 0.29) is 43.0 Å². The van der Waals surface area contributed by atoms with Crippen LogP contribution in [0.4, 0.5) is 0 Å². The Hall–Kier alpha value is -1.96. The van der Waals surface area contributed by atoms with E-state index in [1.54, 1.807) is 0 Å². The standard InChI is InChI=1S/C20H36N2O6/c1-19(2,3)9-7-8-15(23)12-17(25)27-10-11-28-18(26)13-16(24)21-14-22-20(4,5)6/h22H,7-14H2,1-6H3,(H,21,24). The van der Waals surface area contributed by atoms with Crippen molar-refractivity contribution in [3.8, 4) is 0 Å². The molecule has 0 aliphatic rings. The van der Waals surface area contributed by atoms with Crippen molar-refractivity contribution < 1.29 is 28.7 Å². The van der Waals surface area contributed by atoms with Crippen LogP contribution in [0.25, 0.3) is 0 Å². The minimum absolute atomic E-state index is 0.146. The van der Waals surface area contributed by atoms with Gasteiger partial charge in [-0.1, -0.05) is 20.8 Å². The number of esters is 2. The Morgan fingerprint density at radius 2 is 1.36 bits per heavy atom. The normalized spacial score (nSPS) is 11.6. The van der Waals surface area contributed by atoms with Crippen molar-refractivity contribution in [1.29, 1.82) is 0 Å². The van der Waals surface area contributed by atoms with Gasteiger partial charge in [0.2, 0.25) is 5.91 Å². The van der Waals surface area contributed by atoms with Gasteiger partial charge in [0.15, 0.2) is 0 Å². The summed E-state index contributed by atoms with van der Waals surface area (Å²) in [4.78, 5) is 46.4. The molecular weight excluding hydrogens is 364 g/mol. The highest BCUT2D eigenvalue weighted by Gasteiger charge is 2.15. The fourth-order valence-electron chi connectivity index (χ4n) is 2.08. The highest BCUT2D eigenvalue weighted by atomic mass is 16.6. The van der Waals surface area contributed by atoms with Gasteiger partial charge in [-0.3, -0.25) is 24.5 Å². The number of hydrogen-bond donors (Lipinski definition) is 2. The van der Waals surface area contributed by atoms with Gasteiger partial charge in [-0.15, -0.1) is 0 Å². The number of nitrogens with one attached hydrogen (secondary N) is 2. The van der Waals surface area contributed by atoms with E-state index in [2.05, 4.69) is 31.4 Å². The zero-order valence-electron chi connectivity index (χ0n) is 18.1. The molecule has 0 aliphatic heterocycles. The van der Waals surface area contributed by atoms with E-state index in [4.69, 9.17) is 9.47 Å². The SMILES string of the molecule is CC(C)(C)CCCC(=O)CC(=O)OCCOC(=O)CC(=O)NCNC(C)(C)C. The van der Waals surface area contributed by atoms with Crippen molar-refractivity contribution in [1.82, 2.24) is 10.6 Å². The summed E-state index contributed by atoms with van der Waals surface area (Å²) >= 11 is 0. The largest absolute Gasteiger partial charge is 0.462 e. The third-order valence-electron chi connectivity index (χ3n) is 3.54. The van der Waals surface area contributed by atoms with Gasteiger partial charge in [-0.25, -0.2) is 0 Å². The first-order valence-corrected chi connectivity index (χ1v) is 9.63. The lowest BCUT2D eigenvalue weighted by Crippen LogP contribution is -2.44. The Morgan fingerprint density at radius 1 is 0.821 bits per heavy atom. The molecule has 0 saturated heterocycles. The summed E-state index contributed by atoms with van der Waals surface area (Å²) in [7, 11) is 0. The number of ketones is 1. The van der Waals surface area contributed by atoms with Gasteiger partial charge in [-0.2, -0.15) is 0 Å². The van der Waals surface area contributed by atoms with Crippen LogP contribution in [-0.2, 0) is 28.7 Å². The molecule has 2 N–H and O–H groups in total. The molecular formula is C20H36N2O6. The minimum Gasteiger partial charge on any atom is -0.462 e. The Balaban J connectivity index is 3.79. The fourth-order valence-corrected chi connectivity index (χ4v) is 2.08. The second kappa shape index (κ2) is 12.5.